The molecule has 1 atom stereocenters. The summed E-state index contributed by atoms with van der Waals surface area (Å²) in [4.78, 5) is 8.87. The summed E-state index contributed by atoms with van der Waals surface area (Å²) in [5, 5.41) is 14.8. The highest BCUT2D eigenvalue weighted by Crippen LogP contribution is 2.13. The van der Waals surface area contributed by atoms with Crippen molar-refractivity contribution in [2.24, 2.45) is 4.99 Å². The van der Waals surface area contributed by atoms with Gasteiger partial charge in [-0.25, -0.2) is 9.67 Å². The first-order valence-electron chi connectivity index (χ1n) is 10.2. The predicted octanol–water partition coefficient (Wildman–Crippen LogP) is 3.27. The van der Waals surface area contributed by atoms with Gasteiger partial charge in [-0.2, -0.15) is 10.1 Å². The highest BCUT2D eigenvalue weighted by Gasteiger charge is 2.13. The van der Waals surface area contributed by atoms with Gasteiger partial charge in [-0.1, -0.05) is 17.3 Å². The number of rotatable bonds is 10. The number of aliphatic imine (C=N–C) groups is 1. The lowest BCUT2D eigenvalue weighted by molar-refractivity contribution is 0.0683. The zero-order valence-electron chi connectivity index (χ0n) is 18.1. The van der Waals surface area contributed by atoms with Crippen LogP contribution in [0.5, 0.6) is 0 Å². The molecule has 9 nitrogen and oxygen atoms in total. The average Bonchev–Trinajstić information content (AvgIpc) is 3.45. The molecule has 2 aromatic heterocycles. The van der Waals surface area contributed by atoms with Crippen LogP contribution in [0.4, 0.5) is 0 Å². The molecular weight excluding hydrogens is 509 g/mol. The van der Waals surface area contributed by atoms with E-state index in [-0.39, 0.29) is 30.1 Å². The van der Waals surface area contributed by atoms with Gasteiger partial charge in [0.1, 0.15) is 12.6 Å². The predicted molar refractivity (Wildman–Crippen MR) is 130 cm³/mol. The van der Waals surface area contributed by atoms with Gasteiger partial charge < -0.3 is 19.9 Å². The standard InChI is InChI=1S/C21H29N7O2.HI/c1-4-22-21(24-15-19-26-20(27-30-19)16(3)29-5-2)23-13-11-17-7-9-18(10-8-17)28-14-6-12-25-28;/h6-10,12,14,16H,4-5,11,13,15H2,1-3H3,(H2,22,23,24);1H. The van der Waals surface area contributed by atoms with E-state index in [9.17, 15) is 0 Å². The number of benzene rings is 1. The van der Waals surface area contributed by atoms with Crippen molar-refractivity contribution in [3.63, 3.8) is 0 Å². The van der Waals surface area contributed by atoms with Gasteiger partial charge in [0.2, 0.25) is 5.89 Å². The molecule has 0 saturated carbocycles. The molecule has 3 rings (SSSR count). The Bertz CT molecular complexity index is 910. The molecule has 1 unspecified atom stereocenters. The molecule has 0 spiro atoms. The summed E-state index contributed by atoms with van der Waals surface area (Å²) in [5.41, 5.74) is 2.28. The third-order valence-electron chi connectivity index (χ3n) is 4.39. The molecule has 0 radical (unpaired) electrons. The van der Waals surface area contributed by atoms with Gasteiger partial charge in [0.25, 0.3) is 0 Å². The van der Waals surface area contributed by atoms with Crippen LogP contribution in [0, 0.1) is 0 Å². The zero-order chi connectivity index (χ0) is 21.2. The number of halogens is 1. The van der Waals surface area contributed by atoms with Gasteiger partial charge >= 0.3 is 0 Å². The second-order valence-electron chi connectivity index (χ2n) is 6.63. The molecule has 2 heterocycles. The van der Waals surface area contributed by atoms with E-state index in [1.165, 1.54) is 5.56 Å². The minimum absolute atomic E-state index is 0. The van der Waals surface area contributed by atoms with E-state index in [1.807, 2.05) is 37.7 Å². The van der Waals surface area contributed by atoms with Crippen LogP contribution in [0.2, 0.25) is 0 Å². The van der Waals surface area contributed by atoms with Gasteiger partial charge in [0, 0.05) is 32.1 Å². The van der Waals surface area contributed by atoms with Crippen LogP contribution in [-0.4, -0.2) is 45.6 Å². The SMILES string of the molecule is CCNC(=NCc1nc(C(C)OCC)no1)NCCc1ccc(-n2cccn2)cc1.I. The summed E-state index contributed by atoms with van der Waals surface area (Å²) in [6.45, 7) is 8.28. The van der Waals surface area contributed by atoms with Crippen LogP contribution in [0.3, 0.4) is 0 Å². The Morgan fingerprint density at radius 2 is 2.03 bits per heavy atom. The van der Waals surface area contributed by atoms with Crippen molar-refractivity contribution >= 4 is 29.9 Å². The Balaban J connectivity index is 0.00000341. The smallest absolute Gasteiger partial charge is 0.248 e. The van der Waals surface area contributed by atoms with Gasteiger partial charge in [-0.05, 0) is 51.0 Å². The third kappa shape index (κ3) is 7.62. The minimum Gasteiger partial charge on any atom is -0.371 e. The highest BCUT2D eigenvalue weighted by atomic mass is 127. The summed E-state index contributed by atoms with van der Waals surface area (Å²) < 4.78 is 12.6. The second kappa shape index (κ2) is 13.1. The molecule has 1 aromatic carbocycles. The number of nitrogens with one attached hydrogen (secondary N) is 2. The maximum absolute atomic E-state index is 5.48. The van der Waals surface area contributed by atoms with Crippen molar-refractivity contribution in [1.29, 1.82) is 0 Å². The molecule has 10 heteroatoms. The number of guanidine groups is 1. The number of nitrogens with zero attached hydrogens (tertiary/aromatic N) is 5. The van der Waals surface area contributed by atoms with Gasteiger partial charge in [0.05, 0.1) is 5.69 Å². The normalized spacial score (nSPS) is 12.3. The van der Waals surface area contributed by atoms with Crippen molar-refractivity contribution in [1.82, 2.24) is 30.6 Å². The summed E-state index contributed by atoms with van der Waals surface area (Å²) in [6, 6.07) is 10.3. The van der Waals surface area contributed by atoms with Crippen molar-refractivity contribution in [2.45, 2.75) is 39.8 Å². The van der Waals surface area contributed by atoms with Crippen LogP contribution in [0.25, 0.3) is 5.69 Å². The molecule has 168 valence electrons. The van der Waals surface area contributed by atoms with Crippen LogP contribution in [-0.2, 0) is 17.7 Å². The van der Waals surface area contributed by atoms with Gasteiger partial charge in [-0.3, -0.25) is 0 Å². The lowest BCUT2D eigenvalue weighted by Gasteiger charge is -2.11. The zero-order valence-corrected chi connectivity index (χ0v) is 20.4. The fraction of sp³-hybridized carbons (Fsp3) is 0.429. The first-order chi connectivity index (χ1) is 14.7. The number of hydrogen-bond donors (Lipinski definition) is 2. The Labute approximate surface area is 199 Å². The van der Waals surface area contributed by atoms with Crippen molar-refractivity contribution in [3.8, 4) is 5.69 Å². The lowest BCUT2D eigenvalue weighted by atomic mass is 10.1. The third-order valence-corrected chi connectivity index (χ3v) is 4.39. The van der Waals surface area contributed by atoms with Crippen LogP contribution >= 0.6 is 24.0 Å². The number of ether oxygens (including phenoxy) is 1. The van der Waals surface area contributed by atoms with E-state index in [0.717, 1.165) is 25.2 Å². The second-order valence-corrected chi connectivity index (χ2v) is 6.63. The molecule has 31 heavy (non-hydrogen) atoms. The monoisotopic (exact) mass is 539 g/mol. The van der Waals surface area contributed by atoms with E-state index in [4.69, 9.17) is 9.26 Å². The molecule has 0 fully saturated rings. The molecule has 0 aliphatic rings. The Morgan fingerprint density at radius 1 is 1.23 bits per heavy atom. The molecule has 0 aliphatic heterocycles. The molecule has 2 N–H and O–H groups in total. The molecule has 0 saturated heterocycles. The summed E-state index contributed by atoms with van der Waals surface area (Å²) in [6.07, 6.45) is 4.39. The van der Waals surface area contributed by atoms with Crippen molar-refractivity contribution in [2.75, 3.05) is 19.7 Å². The molecule has 0 aliphatic carbocycles. The summed E-state index contributed by atoms with van der Waals surface area (Å²) in [7, 11) is 0. The first-order valence-corrected chi connectivity index (χ1v) is 10.2. The first kappa shape index (κ1) is 24.8. The van der Waals surface area contributed by atoms with E-state index in [0.29, 0.717) is 30.8 Å². The quantitative estimate of drug-likeness (QED) is 0.232. The molecule has 0 bridgehead atoms. The van der Waals surface area contributed by atoms with Crippen molar-refractivity contribution < 1.29 is 9.26 Å². The lowest BCUT2D eigenvalue weighted by Crippen LogP contribution is -2.38. The number of hydrogen-bond acceptors (Lipinski definition) is 6. The molecular formula is C21H30IN7O2. The Kier molecular flexibility index (Phi) is 10.4. The maximum atomic E-state index is 5.48. The minimum atomic E-state index is -0.192. The van der Waals surface area contributed by atoms with E-state index >= 15 is 0 Å². The van der Waals surface area contributed by atoms with Gasteiger partial charge in [-0.15, -0.1) is 24.0 Å². The Morgan fingerprint density at radius 3 is 2.71 bits per heavy atom. The van der Waals surface area contributed by atoms with E-state index in [1.54, 1.807) is 6.20 Å². The van der Waals surface area contributed by atoms with Crippen LogP contribution < -0.4 is 10.6 Å². The van der Waals surface area contributed by atoms with E-state index in [2.05, 4.69) is 55.1 Å². The number of aromatic nitrogens is 4. The van der Waals surface area contributed by atoms with Crippen LogP contribution in [0.1, 0.15) is 44.2 Å². The average molecular weight is 539 g/mol. The molecule has 0 amide bonds. The van der Waals surface area contributed by atoms with Gasteiger partial charge in [0.15, 0.2) is 11.8 Å². The summed E-state index contributed by atoms with van der Waals surface area (Å²) in [5.74, 6) is 1.71. The maximum Gasteiger partial charge on any atom is 0.248 e. The van der Waals surface area contributed by atoms with E-state index < -0.39 is 0 Å². The highest BCUT2D eigenvalue weighted by molar-refractivity contribution is 14.0. The largest absolute Gasteiger partial charge is 0.371 e. The fourth-order valence-electron chi connectivity index (χ4n) is 2.87. The van der Waals surface area contributed by atoms with Crippen LogP contribution in [0.15, 0.2) is 52.2 Å². The van der Waals surface area contributed by atoms with Crippen molar-refractivity contribution in [3.05, 3.63) is 60.0 Å². The topological polar surface area (TPSA) is 102 Å². The summed E-state index contributed by atoms with van der Waals surface area (Å²) >= 11 is 0. The Hall–Kier alpha value is -2.47. The molecule has 3 aromatic rings. The fourth-order valence-corrected chi connectivity index (χ4v) is 2.87.